The summed E-state index contributed by atoms with van der Waals surface area (Å²) in [7, 11) is 1.32. The van der Waals surface area contributed by atoms with Crippen molar-refractivity contribution in [2.24, 2.45) is 11.3 Å². The quantitative estimate of drug-likeness (QED) is 0.659. The van der Waals surface area contributed by atoms with Crippen LogP contribution < -0.4 is 10.1 Å². The Bertz CT molecular complexity index is 498. The second-order valence-corrected chi connectivity index (χ2v) is 5.91. The molecule has 112 valence electrons. The summed E-state index contributed by atoms with van der Waals surface area (Å²) in [6.07, 6.45) is 0. The fraction of sp³-hybridized carbons (Fsp3) is 0.571. The molecule has 1 unspecified atom stereocenters. The third kappa shape index (κ3) is 3.82. The van der Waals surface area contributed by atoms with Crippen LogP contribution in [0, 0.1) is 27.3 Å². The Morgan fingerprint density at radius 1 is 1.45 bits per heavy atom. The van der Waals surface area contributed by atoms with Crippen LogP contribution in [0.3, 0.4) is 0 Å². The minimum absolute atomic E-state index is 0.0438. The maximum atomic E-state index is 13.9. The number of benzene rings is 1. The Morgan fingerprint density at radius 2 is 2.05 bits per heavy atom. The normalized spacial score (nSPS) is 12.9. The molecule has 1 aromatic carbocycles. The van der Waals surface area contributed by atoms with Crippen LogP contribution in [-0.4, -0.2) is 18.6 Å². The second-order valence-electron chi connectivity index (χ2n) is 5.91. The van der Waals surface area contributed by atoms with E-state index in [0.29, 0.717) is 12.5 Å². The molecule has 0 amide bonds. The van der Waals surface area contributed by atoms with Crippen LogP contribution >= 0.6 is 0 Å². The fourth-order valence-electron chi connectivity index (χ4n) is 1.55. The third-order valence-corrected chi connectivity index (χ3v) is 3.54. The van der Waals surface area contributed by atoms with Crippen LogP contribution in [0.5, 0.6) is 5.75 Å². The van der Waals surface area contributed by atoms with E-state index in [1.54, 1.807) is 0 Å². The first-order chi connectivity index (χ1) is 9.16. The summed E-state index contributed by atoms with van der Waals surface area (Å²) in [5, 5.41) is 13.8. The van der Waals surface area contributed by atoms with E-state index in [2.05, 4.69) is 33.0 Å². The molecule has 0 radical (unpaired) electrons. The van der Waals surface area contributed by atoms with Gasteiger partial charge in [-0.2, -0.15) is 0 Å². The first kappa shape index (κ1) is 16.2. The van der Waals surface area contributed by atoms with E-state index in [1.165, 1.54) is 13.2 Å². The van der Waals surface area contributed by atoms with E-state index in [9.17, 15) is 14.5 Å². The van der Waals surface area contributed by atoms with Gasteiger partial charge in [0.05, 0.1) is 23.8 Å². The SMILES string of the molecule is COc1cc(NCC(C)C(C)(C)C)c(F)cc1[N+](=O)[O-]. The number of methoxy groups -OCH3 is 1. The topological polar surface area (TPSA) is 64.4 Å². The molecule has 1 N–H and O–H groups in total. The van der Waals surface area contributed by atoms with Crippen molar-refractivity contribution < 1.29 is 14.1 Å². The van der Waals surface area contributed by atoms with E-state index < -0.39 is 10.7 Å². The highest BCUT2D eigenvalue weighted by Gasteiger charge is 2.22. The number of hydrogen-bond acceptors (Lipinski definition) is 4. The van der Waals surface area contributed by atoms with E-state index in [0.717, 1.165) is 6.07 Å². The van der Waals surface area contributed by atoms with Crippen LogP contribution in [0.15, 0.2) is 12.1 Å². The Balaban J connectivity index is 2.94. The van der Waals surface area contributed by atoms with Gasteiger partial charge in [-0.25, -0.2) is 4.39 Å². The van der Waals surface area contributed by atoms with Gasteiger partial charge in [0.2, 0.25) is 0 Å². The number of halogens is 1. The number of anilines is 1. The molecule has 20 heavy (non-hydrogen) atoms. The van der Waals surface area contributed by atoms with Crippen LogP contribution in [0.2, 0.25) is 0 Å². The molecule has 0 heterocycles. The number of nitrogens with one attached hydrogen (secondary N) is 1. The van der Waals surface area contributed by atoms with Gasteiger partial charge in [0.1, 0.15) is 0 Å². The summed E-state index contributed by atoms with van der Waals surface area (Å²) in [6.45, 7) is 8.94. The van der Waals surface area contributed by atoms with Crippen molar-refractivity contribution in [3.8, 4) is 5.75 Å². The lowest BCUT2D eigenvalue weighted by Gasteiger charge is -2.27. The highest BCUT2D eigenvalue weighted by atomic mass is 19.1. The molecule has 0 aromatic heterocycles. The molecule has 6 heteroatoms. The van der Waals surface area contributed by atoms with Crippen molar-refractivity contribution >= 4 is 11.4 Å². The molecular formula is C14H21FN2O3. The largest absolute Gasteiger partial charge is 0.490 e. The van der Waals surface area contributed by atoms with Gasteiger partial charge < -0.3 is 10.1 Å². The fourth-order valence-corrected chi connectivity index (χ4v) is 1.55. The zero-order chi connectivity index (χ0) is 15.5. The lowest BCUT2D eigenvalue weighted by Crippen LogP contribution is -2.25. The summed E-state index contributed by atoms with van der Waals surface area (Å²) in [5.74, 6) is -0.302. The predicted octanol–water partition coefficient (Wildman–Crippen LogP) is 3.84. The van der Waals surface area contributed by atoms with Gasteiger partial charge in [0, 0.05) is 12.6 Å². The number of nitro benzene ring substituents is 1. The first-order valence-electron chi connectivity index (χ1n) is 6.42. The average molecular weight is 284 g/mol. The van der Waals surface area contributed by atoms with Gasteiger partial charge in [-0.15, -0.1) is 0 Å². The second kappa shape index (κ2) is 6.07. The van der Waals surface area contributed by atoms with Gasteiger partial charge in [-0.3, -0.25) is 10.1 Å². The minimum Gasteiger partial charge on any atom is -0.490 e. The first-order valence-corrected chi connectivity index (χ1v) is 6.42. The molecule has 0 saturated heterocycles. The summed E-state index contributed by atoms with van der Waals surface area (Å²) in [5.41, 5.74) is -0.0723. The van der Waals surface area contributed by atoms with Crippen molar-refractivity contribution in [2.45, 2.75) is 27.7 Å². The molecule has 0 aliphatic rings. The molecule has 0 saturated carbocycles. The Kier molecular flexibility index (Phi) is 4.92. The summed E-state index contributed by atoms with van der Waals surface area (Å²) in [6, 6.07) is 2.20. The molecule has 5 nitrogen and oxygen atoms in total. The highest BCUT2D eigenvalue weighted by molar-refractivity contribution is 5.59. The Morgan fingerprint density at radius 3 is 2.50 bits per heavy atom. The highest BCUT2D eigenvalue weighted by Crippen LogP contribution is 2.33. The van der Waals surface area contributed by atoms with Gasteiger partial charge in [0.25, 0.3) is 0 Å². The third-order valence-electron chi connectivity index (χ3n) is 3.54. The van der Waals surface area contributed by atoms with Crippen molar-refractivity contribution in [3.05, 3.63) is 28.1 Å². The zero-order valence-corrected chi connectivity index (χ0v) is 12.5. The summed E-state index contributed by atoms with van der Waals surface area (Å²) in [4.78, 5) is 10.1. The molecule has 0 fully saturated rings. The molecule has 0 bridgehead atoms. The van der Waals surface area contributed by atoms with Gasteiger partial charge in [0.15, 0.2) is 11.6 Å². The number of nitro groups is 1. The predicted molar refractivity (Wildman–Crippen MR) is 76.7 cm³/mol. The Hall–Kier alpha value is -1.85. The maximum absolute atomic E-state index is 13.9. The van der Waals surface area contributed by atoms with Crippen LogP contribution in [-0.2, 0) is 0 Å². The molecule has 1 rings (SSSR count). The zero-order valence-electron chi connectivity index (χ0n) is 12.5. The number of nitrogens with zero attached hydrogens (tertiary/aromatic N) is 1. The molecule has 0 aliphatic carbocycles. The average Bonchev–Trinajstić information content (AvgIpc) is 2.35. The van der Waals surface area contributed by atoms with E-state index in [-0.39, 0.29) is 22.5 Å². The van der Waals surface area contributed by atoms with Crippen molar-refractivity contribution in [2.75, 3.05) is 19.0 Å². The summed E-state index contributed by atoms with van der Waals surface area (Å²) < 4.78 is 18.8. The number of hydrogen-bond donors (Lipinski definition) is 1. The monoisotopic (exact) mass is 284 g/mol. The number of ether oxygens (including phenoxy) is 1. The minimum atomic E-state index is -0.663. The lowest BCUT2D eigenvalue weighted by atomic mass is 9.82. The van der Waals surface area contributed by atoms with Crippen molar-refractivity contribution in [3.63, 3.8) is 0 Å². The standard InChI is InChI=1S/C14H21FN2O3/c1-9(14(2,3)4)8-16-11-7-13(20-5)12(17(18)19)6-10(11)15/h6-7,9,16H,8H2,1-5H3. The molecule has 1 atom stereocenters. The number of rotatable bonds is 5. The van der Waals surface area contributed by atoms with Gasteiger partial charge >= 0.3 is 5.69 Å². The Labute approximate surface area is 118 Å². The van der Waals surface area contributed by atoms with Gasteiger partial charge in [-0.1, -0.05) is 27.7 Å². The molecule has 0 spiro atoms. The summed E-state index contributed by atoms with van der Waals surface area (Å²) >= 11 is 0. The van der Waals surface area contributed by atoms with E-state index >= 15 is 0 Å². The van der Waals surface area contributed by atoms with Crippen molar-refractivity contribution in [1.82, 2.24) is 0 Å². The van der Waals surface area contributed by atoms with E-state index in [4.69, 9.17) is 4.74 Å². The lowest BCUT2D eigenvalue weighted by molar-refractivity contribution is -0.385. The maximum Gasteiger partial charge on any atom is 0.313 e. The smallest absolute Gasteiger partial charge is 0.313 e. The van der Waals surface area contributed by atoms with Crippen molar-refractivity contribution in [1.29, 1.82) is 0 Å². The van der Waals surface area contributed by atoms with E-state index in [1.807, 2.05) is 0 Å². The molecule has 0 aliphatic heterocycles. The molecule has 1 aromatic rings. The van der Waals surface area contributed by atoms with Gasteiger partial charge in [-0.05, 0) is 11.3 Å². The van der Waals surface area contributed by atoms with Crippen LogP contribution in [0.1, 0.15) is 27.7 Å². The van der Waals surface area contributed by atoms with Crippen LogP contribution in [0.25, 0.3) is 0 Å². The van der Waals surface area contributed by atoms with Crippen LogP contribution in [0.4, 0.5) is 15.8 Å². The molecular weight excluding hydrogens is 263 g/mol.